The maximum absolute atomic E-state index is 12.6. The van der Waals surface area contributed by atoms with Gasteiger partial charge in [0.1, 0.15) is 0 Å². The molecule has 112 valence electrons. The lowest BCUT2D eigenvalue weighted by Gasteiger charge is -2.16. The van der Waals surface area contributed by atoms with E-state index >= 15 is 0 Å². The standard InChI is InChI=1S/C15H14BrN5O/c16-11-6-19-21(7-11)12-3-4-20(8-12)15(22)10-1-2-13-14(5-10)18-9-17-13/h1-2,5-7,9,12H,3-4,8H2,(H,17,18). The fourth-order valence-electron chi connectivity index (χ4n) is 2.91. The molecule has 4 rings (SSSR count). The molecule has 0 aliphatic carbocycles. The molecule has 1 fully saturated rings. The number of hydrogen-bond acceptors (Lipinski definition) is 3. The Morgan fingerprint density at radius 1 is 1.41 bits per heavy atom. The number of H-pyrrole nitrogens is 1. The highest BCUT2D eigenvalue weighted by Gasteiger charge is 2.28. The van der Waals surface area contributed by atoms with Gasteiger partial charge in [-0.15, -0.1) is 0 Å². The number of nitrogens with zero attached hydrogens (tertiary/aromatic N) is 4. The number of hydrogen-bond donors (Lipinski definition) is 1. The molecule has 1 saturated heterocycles. The second-order valence-corrected chi connectivity index (χ2v) is 6.38. The number of imidazole rings is 1. The van der Waals surface area contributed by atoms with Crippen LogP contribution in [0.4, 0.5) is 0 Å². The molecule has 6 nitrogen and oxygen atoms in total. The van der Waals surface area contributed by atoms with Crippen molar-refractivity contribution in [2.45, 2.75) is 12.5 Å². The van der Waals surface area contributed by atoms with Crippen LogP contribution in [-0.2, 0) is 0 Å². The van der Waals surface area contributed by atoms with Crippen molar-refractivity contribution in [3.63, 3.8) is 0 Å². The van der Waals surface area contributed by atoms with E-state index in [0.29, 0.717) is 12.1 Å². The Labute approximate surface area is 135 Å². The smallest absolute Gasteiger partial charge is 0.254 e. The van der Waals surface area contributed by atoms with Crippen LogP contribution in [0.15, 0.2) is 41.4 Å². The maximum Gasteiger partial charge on any atom is 0.254 e. The van der Waals surface area contributed by atoms with Crippen LogP contribution in [0.3, 0.4) is 0 Å². The van der Waals surface area contributed by atoms with Gasteiger partial charge in [-0.25, -0.2) is 4.98 Å². The van der Waals surface area contributed by atoms with Crippen molar-refractivity contribution in [2.75, 3.05) is 13.1 Å². The Morgan fingerprint density at radius 3 is 3.14 bits per heavy atom. The summed E-state index contributed by atoms with van der Waals surface area (Å²) in [6.45, 7) is 1.44. The maximum atomic E-state index is 12.6. The summed E-state index contributed by atoms with van der Waals surface area (Å²) in [6.07, 6.45) is 6.29. The van der Waals surface area contributed by atoms with E-state index in [-0.39, 0.29) is 11.9 Å². The molecule has 0 radical (unpaired) electrons. The number of amides is 1. The number of rotatable bonds is 2. The summed E-state index contributed by atoms with van der Waals surface area (Å²) in [4.78, 5) is 21.7. The Kier molecular flexibility index (Phi) is 3.22. The highest BCUT2D eigenvalue weighted by atomic mass is 79.9. The largest absolute Gasteiger partial charge is 0.345 e. The average Bonchev–Trinajstić information content (AvgIpc) is 3.25. The number of likely N-dealkylation sites (tertiary alicyclic amines) is 1. The van der Waals surface area contributed by atoms with Crippen LogP contribution in [0.2, 0.25) is 0 Å². The van der Waals surface area contributed by atoms with E-state index in [2.05, 4.69) is 31.0 Å². The first-order valence-corrected chi connectivity index (χ1v) is 7.92. The van der Waals surface area contributed by atoms with Gasteiger partial charge in [-0.3, -0.25) is 9.48 Å². The van der Waals surface area contributed by atoms with E-state index in [1.807, 2.05) is 34.0 Å². The molecule has 1 amide bonds. The molecule has 1 N–H and O–H groups in total. The molecule has 3 aromatic rings. The summed E-state index contributed by atoms with van der Waals surface area (Å²) in [5.74, 6) is 0.0604. The summed E-state index contributed by atoms with van der Waals surface area (Å²) in [5.41, 5.74) is 2.45. The van der Waals surface area contributed by atoms with Crippen LogP contribution in [0.25, 0.3) is 11.0 Å². The fraction of sp³-hybridized carbons (Fsp3) is 0.267. The van der Waals surface area contributed by atoms with Gasteiger partial charge in [0.2, 0.25) is 0 Å². The van der Waals surface area contributed by atoms with E-state index in [1.165, 1.54) is 0 Å². The van der Waals surface area contributed by atoms with Crippen molar-refractivity contribution in [3.8, 4) is 0 Å². The molecular weight excluding hydrogens is 346 g/mol. The second-order valence-electron chi connectivity index (χ2n) is 5.47. The molecule has 0 spiro atoms. The molecule has 1 aliphatic rings. The minimum Gasteiger partial charge on any atom is -0.345 e. The number of halogens is 1. The average molecular weight is 360 g/mol. The summed E-state index contributed by atoms with van der Waals surface area (Å²) in [6, 6.07) is 5.81. The third-order valence-corrected chi connectivity index (χ3v) is 4.47. The molecule has 0 bridgehead atoms. The molecule has 3 heterocycles. The fourth-order valence-corrected chi connectivity index (χ4v) is 3.21. The van der Waals surface area contributed by atoms with Crippen molar-refractivity contribution < 1.29 is 4.79 Å². The number of aromatic nitrogens is 4. The summed E-state index contributed by atoms with van der Waals surface area (Å²) >= 11 is 3.41. The molecule has 1 atom stereocenters. The van der Waals surface area contributed by atoms with Crippen molar-refractivity contribution in [3.05, 3.63) is 47.0 Å². The van der Waals surface area contributed by atoms with E-state index < -0.39 is 0 Å². The second kappa shape index (κ2) is 5.24. The predicted octanol–water partition coefficient (Wildman–Crippen LogP) is 2.61. The first kappa shape index (κ1) is 13.5. The van der Waals surface area contributed by atoms with E-state index in [1.54, 1.807) is 12.5 Å². The van der Waals surface area contributed by atoms with Gasteiger partial charge >= 0.3 is 0 Å². The third kappa shape index (κ3) is 2.31. The number of nitrogens with one attached hydrogen (secondary N) is 1. The topological polar surface area (TPSA) is 66.8 Å². The monoisotopic (exact) mass is 359 g/mol. The zero-order chi connectivity index (χ0) is 15.1. The van der Waals surface area contributed by atoms with Crippen LogP contribution in [0.1, 0.15) is 22.8 Å². The molecule has 22 heavy (non-hydrogen) atoms. The van der Waals surface area contributed by atoms with Gasteiger partial charge in [0, 0.05) is 24.8 Å². The summed E-state index contributed by atoms with van der Waals surface area (Å²) < 4.78 is 2.89. The minimum absolute atomic E-state index is 0.0604. The number of benzene rings is 1. The van der Waals surface area contributed by atoms with Gasteiger partial charge < -0.3 is 9.88 Å². The number of fused-ring (bicyclic) bond motifs is 1. The first-order valence-electron chi connectivity index (χ1n) is 7.13. The molecular formula is C15H14BrN5O. The Balaban J connectivity index is 1.53. The molecule has 1 unspecified atom stereocenters. The number of carbonyl (C=O) groups is 1. The quantitative estimate of drug-likeness (QED) is 0.764. The zero-order valence-corrected chi connectivity index (χ0v) is 13.3. The highest BCUT2D eigenvalue weighted by molar-refractivity contribution is 9.10. The summed E-state index contributed by atoms with van der Waals surface area (Å²) in [5, 5.41) is 4.32. The van der Waals surface area contributed by atoms with Crippen LogP contribution in [-0.4, -0.2) is 43.6 Å². The Bertz CT molecular complexity index is 839. The van der Waals surface area contributed by atoms with Crippen LogP contribution < -0.4 is 0 Å². The van der Waals surface area contributed by atoms with Gasteiger partial charge in [0.05, 0.1) is 34.1 Å². The molecule has 0 saturated carbocycles. The van der Waals surface area contributed by atoms with Gasteiger partial charge in [0.15, 0.2) is 0 Å². The molecule has 1 aromatic carbocycles. The SMILES string of the molecule is O=C(c1ccc2nc[nH]c2c1)N1CCC(n2cc(Br)cn2)C1. The van der Waals surface area contributed by atoms with Crippen LogP contribution in [0, 0.1) is 0 Å². The minimum atomic E-state index is 0.0604. The number of carbonyl (C=O) groups excluding carboxylic acids is 1. The molecule has 2 aromatic heterocycles. The van der Waals surface area contributed by atoms with E-state index in [9.17, 15) is 4.79 Å². The lowest BCUT2D eigenvalue weighted by molar-refractivity contribution is 0.0787. The van der Waals surface area contributed by atoms with Gasteiger partial charge in [-0.2, -0.15) is 5.10 Å². The summed E-state index contributed by atoms with van der Waals surface area (Å²) in [7, 11) is 0. The lowest BCUT2D eigenvalue weighted by atomic mass is 10.2. The Hall–Kier alpha value is -2.15. The normalized spacial score (nSPS) is 18.2. The van der Waals surface area contributed by atoms with Crippen molar-refractivity contribution in [1.29, 1.82) is 0 Å². The predicted molar refractivity (Wildman–Crippen MR) is 85.6 cm³/mol. The Morgan fingerprint density at radius 2 is 2.32 bits per heavy atom. The molecule has 7 heteroatoms. The van der Waals surface area contributed by atoms with Crippen molar-refractivity contribution in [2.24, 2.45) is 0 Å². The van der Waals surface area contributed by atoms with Crippen LogP contribution >= 0.6 is 15.9 Å². The number of aromatic amines is 1. The van der Waals surface area contributed by atoms with E-state index in [4.69, 9.17) is 0 Å². The zero-order valence-electron chi connectivity index (χ0n) is 11.7. The van der Waals surface area contributed by atoms with Gasteiger partial charge in [-0.05, 0) is 40.5 Å². The van der Waals surface area contributed by atoms with Gasteiger partial charge in [0.25, 0.3) is 5.91 Å². The van der Waals surface area contributed by atoms with Crippen molar-refractivity contribution in [1.82, 2.24) is 24.6 Å². The first-order chi connectivity index (χ1) is 10.7. The lowest BCUT2D eigenvalue weighted by Crippen LogP contribution is -2.29. The highest BCUT2D eigenvalue weighted by Crippen LogP contribution is 2.24. The third-order valence-electron chi connectivity index (χ3n) is 4.06. The van der Waals surface area contributed by atoms with Crippen LogP contribution in [0.5, 0.6) is 0 Å². The van der Waals surface area contributed by atoms with Gasteiger partial charge in [-0.1, -0.05) is 0 Å². The van der Waals surface area contributed by atoms with Crippen molar-refractivity contribution >= 4 is 32.9 Å². The van der Waals surface area contributed by atoms with E-state index in [0.717, 1.165) is 28.5 Å². The molecule has 1 aliphatic heterocycles.